The van der Waals surface area contributed by atoms with Crippen molar-refractivity contribution in [3.05, 3.63) is 63.7 Å². The van der Waals surface area contributed by atoms with Gasteiger partial charge in [0.2, 0.25) is 0 Å². The maximum absolute atomic E-state index is 2.35. The zero-order valence-corrected chi connectivity index (χ0v) is 12.7. The van der Waals surface area contributed by atoms with Crippen LogP contribution in [0.15, 0.2) is 0 Å². The predicted molar refractivity (Wildman–Crippen MR) is 75.7 cm³/mol. The van der Waals surface area contributed by atoms with Crippen molar-refractivity contribution in [2.24, 2.45) is 0 Å². The van der Waals surface area contributed by atoms with Gasteiger partial charge in [0.15, 0.2) is 0 Å². The number of nitrogens with zero attached hydrogens (tertiary/aromatic N) is 1. The summed E-state index contributed by atoms with van der Waals surface area (Å²) in [7, 11) is 4.35. The van der Waals surface area contributed by atoms with Crippen LogP contribution in [-0.2, 0) is 17.1 Å². The second-order valence-corrected chi connectivity index (χ2v) is 5.54. The third kappa shape index (κ3) is 3.91. The van der Waals surface area contributed by atoms with Gasteiger partial charge in [-0.3, -0.25) is 0 Å². The van der Waals surface area contributed by atoms with Gasteiger partial charge in [-0.15, -0.1) is 0 Å². The Balaban J connectivity index is 0.000000230. The van der Waals surface area contributed by atoms with Crippen LogP contribution in [0.5, 0.6) is 0 Å². The minimum Gasteiger partial charge on any atom is -0.301 e. The predicted octanol–water partition coefficient (Wildman–Crippen LogP) is 2.46. The maximum atomic E-state index is 2.35. The molecule has 1 aliphatic heterocycles. The second kappa shape index (κ2) is 8.19. The first-order valence-corrected chi connectivity index (χ1v) is 7.05. The molecule has 0 atom stereocenters. The van der Waals surface area contributed by atoms with Crippen molar-refractivity contribution in [1.29, 1.82) is 0 Å². The molecule has 98 valence electrons. The fourth-order valence-corrected chi connectivity index (χ4v) is 3.42. The quantitative estimate of drug-likeness (QED) is 0.721. The van der Waals surface area contributed by atoms with Crippen LogP contribution >= 0.6 is 11.8 Å². The van der Waals surface area contributed by atoms with Gasteiger partial charge in [-0.05, 0) is 71.9 Å². The summed E-state index contributed by atoms with van der Waals surface area (Å²) in [6.45, 7) is 0. The van der Waals surface area contributed by atoms with Crippen LogP contribution in [0.2, 0.25) is 0 Å². The van der Waals surface area contributed by atoms with Gasteiger partial charge in [0, 0.05) is 40.0 Å². The van der Waals surface area contributed by atoms with Crippen molar-refractivity contribution in [3.8, 4) is 0 Å². The molecule has 2 saturated carbocycles. The van der Waals surface area contributed by atoms with Gasteiger partial charge in [0.1, 0.15) is 0 Å². The maximum Gasteiger partial charge on any atom is 0.0452 e. The normalized spacial score (nSPS) is 26.2. The van der Waals surface area contributed by atoms with Gasteiger partial charge in [0.25, 0.3) is 0 Å². The molecule has 3 fully saturated rings. The summed E-state index contributed by atoms with van der Waals surface area (Å²) in [6.07, 6.45) is 18.7. The minimum atomic E-state index is 0. The SMILES string of the molecule is CN(C)C1([C]2[CH][CH][CH][CH]2)CSC1.[CH]1[CH][CH][CH][CH]1.[Fe]. The largest absolute Gasteiger partial charge is 0.301 e. The summed E-state index contributed by atoms with van der Waals surface area (Å²) < 4.78 is 0. The summed E-state index contributed by atoms with van der Waals surface area (Å²) in [5.41, 5.74) is 0.341. The van der Waals surface area contributed by atoms with E-state index in [1.807, 2.05) is 43.9 Å². The zero-order valence-electron chi connectivity index (χ0n) is 10.8. The molecule has 0 aromatic rings. The van der Waals surface area contributed by atoms with E-state index in [2.05, 4.69) is 44.7 Å². The van der Waals surface area contributed by atoms with Crippen LogP contribution in [0.25, 0.3) is 0 Å². The van der Waals surface area contributed by atoms with Crippen molar-refractivity contribution in [1.82, 2.24) is 4.90 Å². The molecule has 3 heteroatoms. The Morgan fingerprint density at radius 3 is 1.61 bits per heavy atom. The van der Waals surface area contributed by atoms with Gasteiger partial charge in [-0.2, -0.15) is 11.8 Å². The number of rotatable bonds is 2. The fraction of sp³-hybridized carbons (Fsp3) is 0.333. The first kappa shape index (κ1) is 16.9. The topological polar surface area (TPSA) is 3.24 Å². The van der Waals surface area contributed by atoms with Gasteiger partial charge < -0.3 is 4.90 Å². The molecule has 0 amide bonds. The van der Waals surface area contributed by atoms with E-state index in [4.69, 9.17) is 0 Å². The van der Waals surface area contributed by atoms with Crippen molar-refractivity contribution < 1.29 is 17.1 Å². The molecule has 0 bridgehead atoms. The Labute approximate surface area is 128 Å². The molecular weight excluding hydrogens is 282 g/mol. The van der Waals surface area contributed by atoms with Crippen LogP contribution in [0.4, 0.5) is 0 Å². The molecule has 18 heavy (non-hydrogen) atoms. The molecule has 1 nitrogen and oxygen atoms in total. The Morgan fingerprint density at radius 1 is 0.889 bits per heavy atom. The fourth-order valence-electron chi connectivity index (χ4n) is 1.98. The summed E-state index contributed by atoms with van der Waals surface area (Å²) >= 11 is 2.03. The molecule has 0 aromatic heterocycles. The molecule has 1 heterocycles. The van der Waals surface area contributed by atoms with E-state index < -0.39 is 0 Å². The van der Waals surface area contributed by atoms with Crippen molar-refractivity contribution >= 4 is 11.8 Å². The zero-order chi connectivity index (χ0) is 12.1. The molecule has 3 rings (SSSR count). The molecule has 0 aromatic carbocycles. The van der Waals surface area contributed by atoms with Crippen LogP contribution in [0, 0.1) is 63.7 Å². The summed E-state index contributed by atoms with van der Waals surface area (Å²) in [5, 5.41) is 0. The standard InChI is InChI=1S/C10H14NS.C5H5.Fe/c1-11(2)10(7-12-8-10)9-5-3-4-6-9;1-2-4-5-3-1;/h3-6H,7-8H2,1-2H3;1-5H;. The molecule has 0 spiro atoms. The van der Waals surface area contributed by atoms with Crippen LogP contribution in [0.3, 0.4) is 0 Å². The molecule has 3 aliphatic rings. The van der Waals surface area contributed by atoms with Crippen molar-refractivity contribution in [3.63, 3.8) is 0 Å². The number of thioether (sulfide) groups is 1. The summed E-state index contributed by atoms with van der Waals surface area (Å²) in [6, 6.07) is 0. The Morgan fingerprint density at radius 2 is 1.33 bits per heavy atom. The molecule has 10 radical (unpaired) electrons. The second-order valence-electron chi connectivity index (χ2n) is 4.55. The van der Waals surface area contributed by atoms with Gasteiger partial charge in [-0.1, -0.05) is 0 Å². The van der Waals surface area contributed by atoms with Crippen molar-refractivity contribution in [2.45, 2.75) is 5.54 Å². The Hall–Kier alpha value is 0.829. The number of hydrogen-bond donors (Lipinski definition) is 0. The van der Waals surface area contributed by atoms with E-state index in [-0.39, 0.29) is 17.1 Å². The molecule has 2 aliphatic carbocycles. The van der Waals surface area contributed by atoms with Crippen LogP contribution in [-0.4, -0.2) is 36.0 Å². The summed E-state index contributed by atoms with van der Waals surface area (Å²) in [4.78, 5) is 2.35. The minimum absolute atomic E-state index is 0. The van der Waals surface area contributed by atoms with Crippen LogP contribution < -0.4 is 0 Å². The van der Waals surface area contributed by atoms with Crippen LogP contribution in [0.1, 0.15) is 0 Å². The molecule has 0 unspecified atom stereocenters. The van der Waals surface area contributed by atoms with E-state index in [9.17, 15) is 0 Å². The summed E-state index contributed by atoms with van der Waals surface area (Å²) in [5.74, 6) is 3.96. The molecular formula is C15H19FeNS. The van der Waals surface area contributed by atoms with E-state index in [0.717, 1.165) is 0 Å². The Kier molecular flexibility index (Phi) is 7.68. The average molecular weight is 301 g/mol. The monoisotopic (exact) mass is 301 g/mol. The molecule has 1 saturated heterocycles. The van der Waals surface area contributed by atoms with E-state index in [0.29, 0.717) is 5.54 Å². The number of hydrogen-bond acceptors (Lipinski definition) is 2. The average Bonchev–Trinajstić information content (AvgIpc) is 2.91. The molecule has 0 N–H and O–H groups in total. The van der Waals surface area contributed by atoms with Gasteiger partial charge >= 0.3 is 0 Å². The third-order valence-corrected chi connectivity index (χ3v) is 4.66. The first-order chi connectivity index (χ1) is 8.26. The van der Waals surface area contributed by atoms with Crippen molar-refractivity contribution in [2.75, 3.05) is 25.6 Å². The third-order valence-electron chi connectivity index (χ3n) is 3.29. The van der Waals surface area contributed by atoms with E-state index >= 15 is 0 Å². The Bertz CT molecular complexity index is 211. The van der Waals surface area contributed by atoms with Gasteiger partial charge in [0.05, 0.1) is 0 Å². The van der Waals surface area contributed by atoms with E-state index in [1.165, 1.54) is 17.4 Å². The smallest absolute Gasteiger partial charge is 0.0452 e. The van der Waals surface area contributed by atoms with Gasteiger partial charge in [-0.25, -0.2) is 0 Å². The van der Waals surface area contributed by atoms with E-state index in [1.54, 1.807) is 0 Å². The first-order valence-electron chi connectivity index (χ1n) is 5.90.